The van der Waals surface area contributed by atoms with Crippen molar-refractivity contribution >= 4 is 11.5 Å². The van der Waals surface area contributed by atoms with Crippen LogP contribution in [-0.4, -0.2) is 16.0 Å². The maximum Gasteiger partial charge on any atom is 0.270 e. The summed E-state index contributed by atoms with van der Waals surface area (Å²) < 4.78 is 0. The van der Waals surface area contributed by atoms with E-state index in [4.69, 9.17) is 10.7 Å². The summed E-state index contributed by atoms with van der Waals surface area (Å²) in [5.74, 6) is -0.318. The molecule has 0 bridgehead atoms. The zero-order valence-electron chi connectivity index (χ0n) is 7.31. The summed E-state index contributed by atoms with van der Waals surface area (Å²) in [7, 11) is 0. The first-order valence-electron chi connectivity index (χ1n) is 3.71. The van der Waals surface area contributed by atoms with Gasteiger partial charge in [0.15, 0.2) is 5.84 Å². The molecule has 8 heteroatoms. The highest BCUT2D eigenvalue weighted by atomic mass is 16.6. The fourth-order valence-corrected chi connectivity index (χ4v) is 0.936. The van der Waals surface area contributed by atoms with Crippen LogP contribution in [0, 0.1) is 10.1 Å². The van der Waals surface area contributed by atoms with Crippen LogP contribution in [0.2, 0.25) is 0 Å². The lowest BCUT2D eigenvalue weighted by Gasteiger charge is -1.96. The summed E-state index contributed by atoms with van der Waals surface area (Å²) in [4.78, 5) is 12.2. The number of azide groups is 1. The molecule has 0 spiro atoms. The van der Waals surface area contributed by atoms with Gasteiger partial charge in [-0.3, -0.25) is 10.1 Å². The van der Waals surface area contributed by atoms with Gasteiger partial charge in [0.2, 0.25) is 0 Å². The summed E-state index contributed by atoms with van der Waals surface area (Å²) in [5.41, 5.74) is 8.13. The smallest absolute Gasteiger partial charge is 0.270 e. The largest absolute Gasteiger partial charge is 0.410 e. The van der Waals surface area contributed by atoms with E-state index in [0.717, 1.165) is 6.07 Å². The lowest BCUT2D eigenvalue weighted by molar-refractivity contribution is -0.384. The first-order valence-corrected chi connectivity index (χ1v) is 3.71. The molecule has 0 radical (unpaired) electrons. The summed E-state index contributed by atoms with van der Waals surface area (Å²) in [6.45, 7) is 0. The highest BCUT2D eigenvalue weighted by Gasteiger charge is 2.08. The number of rotatable bonds is 2. The molecule has 0 aliphatic carbocycles. The van der Waals surface area contributed by atoms with Crippen LogP contribution < -0.4 is 0 Å². The minimum absolute atomic E-state index is 0.171. The van der Waals surface area contributed by atoms with Crippen molar-refractivity contribution in [3.8, 4) is 0 Å². The Balaban J connectivity index is 3.20. The molecule has 0 fully saturated rings. The molecule has 76 valence electrons. The van der Waals surface area contributed by atoms with E-state index in [-0.39, 0.29) is 17.1 Å². The molecule has 0 aromatic heterocycles. The standard InChI is InChI=1S/C7H5N5O3/c8-11-9-7(10-13)5-2-1-3-6(4-5)12(14)15/h1-4,13H/b10-7-. The SMILES string of the molecule is [N-]=[N+]=N/C(=N\O)c1cccc([N+](=O)[O-])c1. The Morgan fingerprint density at radius 1 is 1.60 bits per heavy atom. The molecule has 1 aromatic carbocycles. The Bertz CT molecular complexity index is 463. The normalized spacial score (nSPS) is 10.5. The minimum Gasteiger partial charge on any atom is -0.410 e. The van der Waals surface area contributed by atoms with Crippen LogP contribution in [0.15, 0.2) is 34.5 Å². The molecular formula is C7H5N5O3. The molecule has 0 saturated carbocycles. The van der Waals surface area contributed by atoms with Crippen molar-refractivity contribution in [3.63, 3.8) is 0 Å². The number of hydrogen-bond donors (Lipinski definition) is 1. The molecule has 15 heavy (non-hydrogen) atoms. The average Bonchev–Trinajstić information content (AvgIpc) is 2.26. The predicted octanol–water partition coefficient (Wildman–Crippen LogP) is 2.04. The van der Waals surface area contributed by atoms with Gasteiger partial charge in [-0.25, -0.2) is 0 Å². The molecule has 0 heterocycles. The number of hydrogen-bond acceptors (Lipinski definition) is 4. The predicted molar refractivity (Wildman–Crippen MR) is 50.6 cm³/mol. The highest BCUT2D eigenvalue weighted by Crippen LogP contribution is 2.14. The summed E-state index contributed by atoms with van der Waals surface area (Å²) in [6.07, 6.45) is 0. The Kier molecular flexibility index (Phi) is 3.20. The number of non-ortho nitro benzene ring substituents is 1. The van der Waals surface area contributed by atoms with Gasteiger partial charge in [0, 0.05) is 22.6 Å². The molecule has 0 saturated heterocycles. The third-order valence-corrected chi connectivity index (χ3v) is 1.55. The van der Waals surface area contributed by atoms with Crippen LogP contribution in [0.25, 0.3) is 10.4 Å². The monoisotopic (exact) mass is 207 g/mol. The molecule has 0 atom stereocenters. The Morgan fingerprint density at radius 2 is 2.33 bits per heavy atom. The average molecular weight is 207 g/mol. The van der Waals surface area contributed by atoms with Crippen LogP contribution in [-0.2, 0) is 0 Å². The van der Waals surface area contributed by atoms with Crippen LogP contribution in [0.5, 0.6) is 0 Å². The van der Waals surface area contributed by atoms with Crippen LogP contribution in [0.3, 0.4) is 0 Å². The Labute approximate surface area is 83.2 Å². The number of nitro benzene ring substituents is 1. The summed E-state index contributed by atoms with van der Waals surface area (Å²) in [5, 5.41) is 24.7. The van der Waals surface area contributed by atoms with Gasteiger partial charge in [-0.2, -0.15) is 0 Å². The Morgan fingerprint density at radius 3 is 2.87 bits per heavy atom. The van der Waals surface area contributed by atoms with Crippen molar-refractivity contribution in [1.82, 2.24) is 0 Å². The molecule has 1 aromatic rings. The second-order valence-electron chi connectivity index (χ2n) is 2.42. The number of oxime groups is 1. The van der Waals surface area contributed by atoms with E-state index in [9.17, 15) is 10.1 Å². The van der Waals surface area contributed by atoms with Gasteiger partial charge in [0.05, 0.1) is 4.92 Å². The van der Waals surface area contributed by atoms with E-state index in [1.54, 1.807) is 0 Å². The van der Waals surface area contributed by atoms with Crippen LogP contribution in [0.1, 0.15) is 5.56 Å². The molecule has 0 amide bonds. The second kappa shape index (κ2) is 4.58. The van der Waals surface area contributed by atoms with E-state index in [2.05, 4.69) is 15.2 Å². The van der Waals surface area contributed by atoms with E-state index in [1.807, 2.05) is 0 Å². The third-order valence-electron chi connectivity index (χ3n) is 1.55. The van der Waals surface area contributed by atoms with Crippen LogP contribution >= 0.6 is 0 Å². The number of amidine groups is 1. The molecule has 0 aliphatic heterocycles. The van der Waals surface area contributed by atoms with Crippen molar-refractivity contribution in [2.75, 3.05) is 0 Å². The number of nitrogens with zero attached hydrogens (tertiary/aromatic N) is 5. The lowest BCUT2D eigenvalue weighted by Crippen LogP contribution is -1.97. The van der Waals surface area contributed by atoms with Crippen LogP contribution in [0.4, 0.5) is 5.69 Å². The maximum atomic E-state index is 10.4. The van der Waals surface area contributed by atoms with E-state index in [1.165, 1.54) is 18.2 Å². The van der Waals surface area contributed by atoms with Gasteiger partial charge >= 0.3 is 0 Å². The highest BCUT2D eigenvalue weighted by molar-refractivity contribution is 5.99. The number of benzene rings is 1. The van der Waals surface area contributed by atoms with Crippen molar-refractivity contribution < 1.29 is 10.1 Å². The molecule has 0 aliphatic rings. The Hall–Kier alpha value is -2.60. The van der Waals surface area contributed by atoms with Gasteiger partial charge in [-0.05, 0) is 10.6 Å². The third kappa shape index (κ3) is 2.42. The fraction of sp³-hybridized carbons (Fsp3) is 0. The number of nitro groups is 1. The quantitative estimate of drug-likeness (QED) is 0.116. The van der Waals surface area contributed by atoms with E-state index < -0.39 is 4.92 Å². The fourth-order valence-electron chi connectivity index (χ4n) is 0.936. The van der Waals surface area contributed by atoms with E-state index >= 15 is 0 Å². The van der Waals surface area contributed by atoms with Crippen molar-refractivity contribution in [1.29, 1.82) is 0 Å². The van der Waals surface area contributed by atoms with Crippen molar-refractivity contribution in [2.45, 2.75) is 0 Å². The first-order chi connectivity index (χ1) is 7.19. The zero-order chi connectivity index (χ0) is 11.3. The van der Waals surface area contributed by atoms with Crippen molar-refractivity contribution in [2.24, 2.45) is 10.3 Å². The zero-order valence-corrected chi connectivity index (χ0v) is 7.31. The molecule has 1 rings (SSSR count). The summed E-state index contributed by atoms with van der Waals surface area (Å²) in [6, 6.07) is 5.24. The molecule has 0 unspecified atom stereocenters. The van der Waals surface area contributed by atoms with Gasteiger partial charge in [0.1, 0.15) is 0 Å². The topological polar surface area (TPSA) is 124 Å². The van der Waals surface area contributed by atoms with Gasteiger partial charge < -0.3 is 5.21 Å². The first kappa shape index (κ1) is 10.5. The lowest BCUT2D eigenvalue weighted by atomic mass is 10.2. The molecule has 1 N–H and O–H groups in total. The van der Waals surface area contributed by atoms with Gasteiger partial charge in [-0.1, -0.05) is 17.3 Å². The molecular weight excluding hydrogens is 202 g/mol. The van der Waals surface area contributed by atoms with Crippen molar-refractivity contribution in [3.05, 3.63) is 50.4 Å². The maximum absolute atomic E-state index is 10.4. The minimum atomic E-state index is -0.603. The summed E-state index contributed by atoms with van der Waals surface area (Å²) >= 11 is 0. The van der Waals surface area contributed by atoms with Gasteiger partial charge in [-0.15, -0.1) is 0 Å². The molecule has 8 nitrogen and oxygen atoms in total. The van der Waals surface area contributed by atoms with Gasteiger partial charge in [0.25, 0.3) is 5.69 Å². The van der Waals surface area contributed by atoms with E-state index in [0.29, 0.717) is 0 Å². The second-order valence-corrected chi connectivity index (χ2v) is 2.42.